The monoisotopic (exact) mass is 464 g/mol. The van der Waals surface area contributed by atoms with Crippen molar-refractivity contribution in [2.45, 2.75) is 71.6 Å². The van der Waals surface area contributed by atoms with E-state index in [2.05, 4.69) is 24.8 Å². The maximum Gasteiger partial charge on any atom is 0.227 e. The molecular weight excluding hydrogens is 431 g/mol. The van der Waals surface area contributed by atoms with Gasteiger partial charge in [-0.05, 0) is 43.9 Å². The van der Waals surface area contributed by atoms with Crippen molar-refractivity contribution < 1.29 is 13.9 Å². The van der Waals surface area contributed by atoms with Crippen LogP contribution >= 0.6 is 0 Å². The van der Waals surface area contributed by atoms with Gasteiger partial charge in [0, 0.05) is 37.7 Å². The van der Waals surface area contributed by atoms with E-state index in [9.17, 15) is 14.4 Å². The Bertz CT molecular complexity index is 1140. The van der Waals surface area contributed by atoms with Crippen LogP contribution in [0.4, 0.5) is 10.2 Å². The third kappa shape index (κ3) is 4.65. The minimum atomic E-state index is -0.354. The maximum absolute atomic E-state index is 14.0. The van der Waals surface area contributed by atoms with Crippen LogP contribution in [0.5, 0.6) is 0 Å². The summed E-state index contributed by atoms with van der Waals surface area (Å²) in [5.41, 5.74) is 3.76. The van der Waals surface area contributed by atoms with E-state index >= 15 is 0 Å². The Morgan fingerprint density at radius 3 is 2.68 bits per heavy atom. The van der Waals surface area contributed by atoms with E-state index in [1.54, 1.807) is 18.2 Å². The molecule has 0 spiro atoms. The Hall–Kier alpha value is -2.98. The lowest BCUT2D eigenvalue weighted by atomic mass is 9.86. The predicted molar refractivity (Wildman–Crippen MR) is 129 cm³/mol. The summed E-state index contributed by atoms with van der Waals surface area (Å²) in [6, 6.07) is 8.76. The zero-order valence-electron chi connectivity index (χ0n) is 20.7. The number of aromatic nitrogens is 1. The van der Waals surface area contributed by atoms with Crippen molar-refractivity contribution in [3.05, 3.63) is 58.0 Å². The number of halogens is 1. The quantitative estimate of drug-likeness (QED) is 0.673. The fraction of sp³-hybridized carbons (Fsp3) is 0.519. The Kier molecular flexibility index (Phi) is 6.64. The molecule has 180 valence electrons. The Morgan fingerprint density at radius 1 is 1.29 bits per heavy atom. The number of carbonyl (C=O) groups is 1. The fourth-order valence-corrected chi connectivity index (χ4v) is 5.03. The smallest absolute Gasteiger partial charge is 0.227 e. The van der Waals surface area contributed by atoms with Crippen molar-refractivity contribution >= 4 is 11.7 Å². The number of hydrogen-bond acceptors (Lipinski definition) is 5. The van der Waals surface area contributed by atoms with Gasteiger partial charge < -0.3 is 14.5 Å². The highest BCUT2D eigenvalue weighted by molar-refractivity contribution is 5.79. The molecule has 7 heteroatoms. The van der Waals surface area contributed by atoms with Crippen LogP contribution in [0.15, 0.2) is 24.3 Å². The van der Waals surface area contributed by atoms with Gasteiger partial charge in [0.25, 0.3) is 0 Å². The zero-order valence-corrected chi connectivity index (χ0v) is 20.7. The van der Waals surface area contributed by atoms with Crippen LogP contribution in [0.1, 0.15) is 68.5 Å². The first-order valence-corrected chi connectivity index (χ1v) is 12.0. The number of rotatable bonds is 4. The maximum atomic E-state index is 14.0. The zero-order chi connectivity index (χ0) is 24.6. The lowest BCUT2D eigenvalue weighted by Gasteiger charge is -2.42. The molecule has 0 aliphatic carbocycles. The molecule has 3 heterocycles. The van der Waals surface area contributed by atoms with Crippen LogP contribution in [0.3, 0.4) is 0 Å². The molecule has 1 amide bonds. The molecule has 0 saturated carbocycles. The molecule has 1 aromatic heterocycles. The predicted octanol–water partition coefficient (Wildman–Crippen LogP) is 4.35. The average Bonchev–Trinajstić information content (AvgIpc) is 2.78. The van der Waals surface area contributed by atoms with Gasteiger partial charge in [0.1, 0.15) is 17.7 Å². The first kappa shape index (κ1) is 24.2. The topological polar surface area (TPSA) is 69.5 Å². The van der Waals surface area contributed by atoms with Gasteiger partial charge in [-0.2, -0.15) is 5.26 Å². The van der Waals surface area contributed by atoms with Crippen LogP contribution in [-0.4, -0.2) is 47.1 Å². The number of nitriles is 1. The highest BCUT2D eigenvalue weighted by Gasteiger charge is 2.35. The largest absolute Gasteiger partial charge is 0.370 e. The molecule has 2 aliphatic heterocycles. The lowest BCUT2D eigenvalue weighted by Crippen LogP contribution is -2.55. The fourth-order valence-electron chi connectivity index (χ4n) is 5.03. The summed E-state index contributed by atoms with van der Waals surface area (Å²) in [4.78, 5) is 21.9. The number of piperazine rings is 1. The minimum Gasteiger partial charge on any atom is -0.370 e. The molecule has 4 rings (SSSR count). The van der Waals surface area contributed by atoms with Crippen molar-refractivity contribution in [3.63, 3.8) is 0 Å². The molecule has 0 unspecified atom stereocenters. The molecule has 6 nitrogen and oxygen atoms in total. The van der Waals surface area contributed by atoms with Gasteiger partial charge in [0.15, 0.2) is 0 Å². The van der Waals surface area contributed by atoms with Gasteiger partial charge >= 0.3 is 0 Å². The van der Waals surface area contributed by atoms with Gasteiger partial charge in [-0.1, -0.05) is 32.0 Å². The second-order valence-corrected chi connectivity index (χ2v) is 10.3. The summed E-state index contributed by atoms with van der Waals surface area (Å²) >= 11 is 0. The Balaban J connectivity index is 1.60. The summed E-state index contributed by atoms with van der Waals surface area (Å²) in [5.74, 6) is 0.465. The second kappa shape index (κ2) is 9.34. The summed E-state index contributed by atoms with van der Waals surface area (Å²) in [7, 11) is 0. The number of amides is 1. The highest BCUT2D eigenvalue weighted by atomic mass is 19.1. The molecule has 1 saturated heterocycles. The molecule has 0 bridgehead atoms. The molecule has 0 N–H and O–H groups in total. The van der Waals surface area contributed by atoms with Crippen LogP contribution in [0, 0.1) is 17.1 Å². The molecule has 1 fully saturated rings. The van der Waals surface area contributed by atoms with Gasteiger partial charge in [-0.3, -0.25) is 4.79 Å². The Labute approximate surface area is 201 Å². The lowest BCUT2D eigenvalue weighted by molar-refractivity contribution is -0.132. The van der Waals surface area contributed by atoms with Crippen molar-refractivity contribution in [1.29, 1.82) is 5.26 Å². The number of nitrogens with zero attached hydrogens (tertiary/aromatic N) is 4. The van der Waals surface area contributed by atoms with Crippen molar-refractivity contribution in [1.82, 2.24) is 9.88 Å². The van der Waals surface area contributed by atoms with E-state index in [1.807, 2.05) is 25.7 Å². The highest BCUT2D eigenvalue weighted by Crippen LogP contribution is 2.38. The molecule has 34 heavy (non-hydrogen) atoms. The summed E-state index contributed by atoms with van der Waals surface area (Å²) in [6.07, 6.45) is 0.710. The third-order valence-corrected chi connectivity index (χ3v) is 6.84. The van der Waals surface area contributed by atoms with Gasteiger partial charge in [0.2, 0.25) is 5.91 Å². The molecule has 2 aliphatic rings. The number of fused-ring (bicyclic) bond motifs is 1. The molecule has 1 atom stereocenters. The number of anilines is 1. The Morgan fingerprint density at radius 2 is 2.03 bits per heavy atom. The number of benzene rings is 1. The molecule has 2 aromatic rings. The number of carbonyl (C=O) groups excluding carboxylic acids is 1. The molecule has 1 aromatic carbocycles. The second-order valence-electron chi connectivity index (χ2n) is 10.3. The van der Waals surface area contributed by atoms with Crippen LogP contribution in [-0.2, 0) is 29.0 Å². The van der Waals surface area contributed by atoms with E-state index < -0.39 is 0 Å². The van der Waals surface area contributed by atoms with Crippen molar-refractivity contribution in [2.75, 3.05) is 24.5 Å². The van der Waals surface area contributed by atoms with Crippen LogP contribution in [0.25, 0.3) is 0 Å². The average molecular weight is 465 g/mol. The van der Waals surface area contributed by atoms with Crippen LogP contribution < -0.4 is 4.90 Å². The van der Waals surface area contributed by atoms with Crippen molar-refractivity contribution in [3.8, 4) is 6.07 Å². The van der Waals surface area contributed by atoms with E-state index in [4.69, 9.17) is 9.72 Å². The summed E-state index contributed by atoms with van der Waals surface area (Å²) in [6.45, 7) is 12.4. The van der Waals surface area contributed by atoms with E-state index in [1.165, 1.54) is 6.07 Å². The molecule has 0 radical (unpaired) electrons. The van der Waals surface area contributed by atoms with Gasteiger partial charge in [0.05, 0.1) is 29.9 Å². The minimum absolute atomic E-state index is 0.0458. The number of ether oxygens (including phenoxy) is 1. The van der Waals surface area contributed by atoms with Crippen LogP contribution in [0.2, 0.25) is 0 Å². The van der Waals surface area contributed by atoms with E-state index in [-0.39, 0.29) is 35.7 Å². The first-order valence-electron chi connectivity index (χ1n) is 12.0. The summed E-state index contributed by atoms with van der Waals surface area (Å²) in [5, 5.41) is 10.1. The van der Waals surface area contributed by atoms with Crippen molar-refractivity contribution in [2.24, 2.45) is 0 Å². The normalized spacial score (nSPS) is 19.6. The van der Waals surface area contributed by atoms with Gasteiger partial charge in [-0.25, -0.2) is 9.37 Å². The van der Waals surface area contributed by atoms with Gasteiger partial charge in [-0.15, -0.1) is 0 Å². The standard InChI is InChI=1S/C27H33FN4O2/c1-17(2)25-22-16-34-27(4,5)13-20(22)21(14-29)26(30-25)31-10-11-32(18(3)15-31)24(33)12-19-8-6-7-9-23(19)28/h6-9,17-18H,10-13,15-16H2,1-5H3/t18-/m1/s1. The third-order valence-electron chi connectivity index (χ3n) is 6.84. The number of pyridine rings is 1. The number of hydrogen-bond donors (Lipinski definition) is 0. The van der Waals surface area contributed by atoms with E-state index in [0.29, 0.717) is 49.6 Å². The summed E-state index contributed by atoms with van der Waals surface area (Å²) < 4.78 is 20.1. The molecular formula is C27H33FN4O2. The first-order chi connectivity index (χ1) is 16.1. The SMILES string of the molecule is CC(C)c1nc(N2CCN(C(=O)Cc3ccccc3F)[C@H](C)C2)c(C#N)c2c1COC(C)(C)C2. The van der Waals surface area contributed by atoms with E-state index in [0.717, 1.165) is 16.8 Å².